The summed E-state index contributed by atoms with van der Waals surface area (Å²) >= 11 is 0. The normalized spacial score (nSPS) is 25.2. The first-order valence-corrected chi connectivity index (χ1v) is 8.06. The van der Waals surface area contributed by atoms with Crippen LogP contribution in [0.4, 0.5) is 0 Å². The highest BCUT2D eigenvalue weighted by atomic mass is 16.7. The zero-order valence-electron chi connectivity index (χ0n) is 13.6. The number of hydrogen-bond acceptors (Lipinski definition) is 4. The molecule has 0 spiro atoms. The molecule has 2 aliphatic rings. The van der Waals surface area contributed by atoms with Gasteiger partial charge in [-0.2, -0.15) is 0 Å². The van der Waals surface area contributed by atoms with Gasteiger partial charge in [-0.25, -0.2) is 0 Å². The van der Waals surface area contributed by atoms with Crippen LogP contribution in [0, 0.1) is 0 Å². The molecule has 2 fully saturated rings. The maximum atomic E-state index is 6.07. The first-order valence-electron chi connectivity index (χ1n) is 8.06. The molecule has 0 amide bonds. The zero-order valence-corrected chi connectivity index (χ0v) is 13.6. The summed E-state index contributed by atoms with van der Waals surface area (Å²) in [6.07, 6.45) is 10.1. The lowest BCUT2D eigenvalue weighted by atomic mass is 9.83. The van der Waals surface area contributed by atoms with E-state index in [1.165, 1.54) is 32.1 Å². The monoisotopic (exact) mass is 288 g/mol. The lowest BCUT2D eigenvalue weighted by Gasteiger charge is -2.32. The Morgan fingerprint density at radius 3 is 2.24 bits per heavy atom. The Hall–Kier alpha value is -0.935. The van der Waals surface area contributed by atoms with Gasteiger partial charge in [-0.15, -0.1) is 0 Å². The first-order chi connectivity index (χ1) is 9.89. The van der Waals surface area contributed by atoms with Crippen molar-refractivity contribution in [1.29, 1.82) is 0 Å². The molecule has 5 heteroatoms. The Morgan fingerprint density at radius 1 is 1.00 bits per heavy atom. The van der Waals surface area contributed by atoms with Crippen molar-refractivity contribution in [3.8, 4) is 0 Å². The molecular weight excluding hydrogens is 263 g/mol. The van der Waals surface area contributed by atoms with Gasteiger partial charge in [0.1, 0.15) is 0 Å². The van der Waals surface area contributed by atoms with E-state index in [1.54, 1.807) is 6.20 Å². The second kappa shape index (κ2) is 5.36. The van der Waals surface area contributed by atoms with Crippen molar-refractivity contribution >= 4 is 12.7 Å². The minimum atomic E-state index is -0.411. The van der Waals surface area contributed by atoms with E-state index >= 15 is 0 Å². The van der Waals surface area contributed by atoms with E-state index < -0.39 is 7.12 Å². The van der Waals surface area contributed by atoms with Crippen LogP contribution in [0.15, 0.2) is 12.4 Å². The van der Waals surface area contributed by atoms with Crippen molar-refractivity contribution in [1.82, 2.24) is 9.97 Å². The van der Waals surface area contributed by atoms with Gasteiger partial charge >= 0.3 is 7.12 Å². The highest BCUT2D eigenvalue weighted by Gasteiger charge is 2.52. The van der Waals surface area contributed by atoms with Crippen molar-refractivity contribution in [2.45, 2.75) is 76.9 Å². The summed E-state index contributed by atoms with van der Waals surface area (Å²) < 4.78 is 12.1. The molecule has 1 saturated heterocycles. The fourth-order valence-corrected chi connectivity index (χ4v) is 3.07. The van der Waals surface area contributed by atoms with Gasteiger partial charge in [0.2, 0.25) is 0 Å². The third kappa shape index (κ3) is 2.86. The van der Waals surface area contributed by atoms with Gasteiger partial charge in [-0.05, 0) is 40.5 Å². The second-order valence-electron chi connectivity index (χ2n) is 7.29. The number of rotatable bonds is 2. The van der Waals surface area contributed by atoms with Crippen molar-refractivity contribution in [3.63, 3.8) is 0 Å². The molecule has 114 valence electrons. The second-order valence-corrected chi connectivity index (χ2v) is 7.29. The number of aromatic nitrogens is 2. The van der Waals surface area contributed by atoms with Crippen LogP contribution in [-0.2, 0) is 9.31 Å². The van der Waals surface area contributed by atoms with Crippen LogP contribution in [0.2, 0.25) is 0 Å². The van der Waals surface area contributed by atoms with Crippen molar-refractivity contribution in [2.75, 3.05) is 0 Å². The van der Waals surface area contributed by atoms with E-state index in [4.69, 9.17) is 14.3 Å². The fraction of sp³-hybridized carbons (Fsp3) is 0.750. The van der Waals surface area contributed by atoms with Gasteiger partial charge in [0.15, 0.2) is 0 Å². The number of hydrogen-bond donors (Lipinski definition) is 0. The minimum absolute atomic E-state index is 0.333. The summed E-state index contributed by atoms with van der Waals surface area (Å²) in [6, 6.07) is 0. The van der Waals surface area contributed by atoms with Gasteiger partial charge in [-0.3, -0.25) is 9.97 Å². The average molecular weight is 288 g/mol. The van der Waals surface area contributed by atoms with E-state index in [0.717, 1.165) is 11.3 Å². The van der Waals surface area contributed by atoms with Gasteiger partial charge in [0.05, 0.1) is 22.5 Å². The van der Waals surface area contributed by atoms with E-state index in [0.29, 0.717) is 5.92 Å². The lowest BCUT2D eigenvalue weighted by molar-refractivity contribution is 0.00578. The molecule has 0 unspecified atom stereocenters. The molecule has 4 nitrogen and oxygen atoms in total. The summed E-state index contributed by atoms with van der Waals surface area (Å²) in [5.74, 6) is 0.550. The van der Waals surface area contributed by atoms with Crippen molar-refractivity contribution in [2.24, 2.45) is 0 Å². The topological polar surface area (TPSA) is 44.2 Å². The lowest BCUT2D eigenvalue weighted by Crippen LogP contribution is -2.41. The third-order valence-corrected chi connectivity index (χ3v) is 5.19. The molecular formula is C16H25BN2O2. The Bertz CT molecular complexity index is 497. The molecule has 0 bridgehead atoms. The van der Waals surface area contributed by atoms with Crippen molar-refractivity contribution in [3.05, 3.63) is 18.1 Å². The van der Waals surface area contributed by atoms with E-state index in [-0.39, 0.29) is 11.2 Å². The largest absolute Gasteiger partial charge is 0.516 e. The predicted octanol–water partition coefficient (Wildman–Crippen LogP) is 2.82. The summed E-state index contributed by atoms with van der Waals surface area (Å²) in [5.41, 5.74) is 1.24. The molecule has 1 aromatic rings. The summed E-state index contributed by atoms with van der Waals surface area (Å²) in [6.45, 7) is 8.24. The molecule has 1 saturated carbocycles. The quantitative estimate of drug-likeness (QED) is 0.785. The summed E-state index contributed by atoms with van der Waals surface area (Å²) in [7, 11) is -0.411. The van der Waals surface area contributed by atoms with Crippen LogP contribution in [0.25, 0.3) is 0 Å². The van der Waals surface area contributed by atoms with E-state index in [1.807, 2.05) is 6.20 Å². The Morgan fingerprint density at radius 2 is 1.62 bits per heavy atom. The number of nitrogens with zero attached hydrogens (tertiary/aromatic N) is 2. The van der Waals surface area contributed by atoms with Crippen LogP contribution < -0.4 is 5.59 Å². The molecule has 3 rings (SSSR count). The van der Waals surface area contributed by atoms with Crippen LogP contribution in [0.5, 0.6) is 0 Å². The molecule has 2 heterocycles. The van der Waals surface area contributed by atoms with Crippen molar-refractivity contribution < 1.29 is 9.31 Å². The highest BCUT2D eigenvalue weighted by Crippen LogP contribution is 2.36. The summed E-state index contributed by atoms with van der Waals surface area (Å²) in [4.78, 5) is 9.17. The van der Waals surface area contributed by atoms with E-state index in [9.17, 15) is 0 Å². The average Bonchev–Trinajstić information content (AvgIpc) is 2.69. The smallest absolute Gasteiger partial charge is 0.398 e. The van der Waals surface area contributed by atoms with Crippen LogP contribution in [-0.4, -0.2) is 28.3 Å². The molecule has 21 heavy (non-hydrogen) atoms. The van der Waals surface area contributed by atoms with Gasteiger partial charge in [0.25, 0.3) is 0 Å². The highest BCUT2D eigenvalue weighted by molar-refractivity contribution is 6.61. The maximum absolute atomic E-state index is 6.07. The molecule has 1 aliphatic heterocycles. The third-order valence-electron chi connectivity index (χ3n) is 5.19. The van der Waals surface area contributed by atoms with E-state index in [2.05, 4.69) is 32.7 Å². The van der Waals surface area contributed by atoms with Crippen LogP contribution in [0.1, 0.15) is 71.4 Å². The molecule has 0 N–H and O–H groups in total. The standard InChI is InChI=1S/C16H25BN2O2/c1-15(2)16(3,4)21-17(20-15)14-11-18-10-13(19-14)12-8-6-5-7-9-12/h10-12H,5-9H2,1-4H3. The molecule has 0 aromatic carbocycles. The van der Waals surface area contributed by atoms with Crippen LogP contribution >= 0.6 is 0 Å². The Labute approximate surface area is 127 Å². The van der Waals surface area contributed by atoms with Gasteiger partial charge in [0, 0.05) is 18.3 Å². The van der Waals surface area contributed by atoms with Gasteiger partial charge in [-0.1, -0.05) is 19.3 Å². The molecule has 0 radical (unpaired) electrons. The SMILES string of the molecule is CC1(C)OB(c2cncc(C3CCCCC3)n2)OC1(C)C. The maximum Gasteiger partial charge on any atom is 0.516 e. The molecule has 1 aromatic heterocycles. The Kier molecular flexibility index (Phi) is 3.82. The van der Waals surface area contributed by atoms with Gasteiger partial charge < -0.3 is 9.31 Å². The Balaban J connectivity index is 1.81. The summed E-state index contributed by atoms with van der Waals surface area (Å²) in [5, 5.41) is 0. The first kappa shape index (κ1) is 15.0. The minimum Gasteiger partial charge on any atom is -0.398 e. The molecule has 0 atom stereocenters. The zero-order chi connectivity index (χ0) is 15.1. The fourth-order valence-electron chi connectivity index (χ4n) is 3.07. The van der Waals surface area contributed by atoms with Crippen LogP contribution in [0.3, 0.4) is 0 Å². The predicted molar refractivity (Wildman–Crippen MR) is 83.6 cm³/mol. The molecule has 1 aliphatic carbocycles.